The number of rotatable bonds is 7. The molecule has 0 radical (unpaired) electrons. The molecule has 2 rings (SSSR count). The van der Waals surface area contributed by atoms with Crippen molar-refractivity contribution in [3.63, 3.8) is 0 Å². The fraction of sp³-hybridized carbons (Fsp3) is 0.600. The Kier molecular flexibility index (Phi) is 5.91. The number of thiophene rings is 1. The fourth-order valence-corrected chi connectivity index (χ4v) is 3.77. The predicted molar refractivity (Wildman–Crippen MR) is 97.3 cm³/mol. The molecule has 0 aromatic carbocycles. The van der Waals surface area contributed by atoms with Gasteiger partial charge in [0.25, 0.3) is 0 Å². The normalized spacial score (nSPS) is 14.7. The quantitative estimate of drug-likeness (QED) is 0.523. The monoisotopic (exact) mass is 318 g/mol. The van der Waals surface area contributed by atoms with Gasteiger partial charge in [0.1, 0.15) is 11.5 Å². The molecule has 0 aliphatic carbocycles. The molecule has 2 atom stereocenters. The summed E-state index contributed by atoms with van der Waals surface area (Å²) in [5.74, 6) is 4.50. The second kappa shape index (κ2) is 7.50. The van der Waals surface area contributed by atoms with Crippen LogP contribution in [0, 0.1) is 0 Å². The summed E-state index contributed by atoms with van der Waals surface area (Å²) in [6.45, 7) is 13.5. The molecule has 0 saturated carbocycles. The van der Waals surface area contributed by atoms with Gasteiger partial charge in [-0.1, -0.05) is 41.5 Å². The largest absolute Gasteiger partial charge is 0.466 e. The van der Waals surface area contributed by atoms with E-state index < -0.39 is 0 Å². The molecule has 2 heteroatoms. The van der Waals surface area contributed by atoms with Gasteiger partial charge in [-0.2, -0.15) is 0 Å². The van der Waals surface area contributed by atoms with Crippen LogP contribution in [0.5, 0.6) is 0 Å². The molecule has 0 aliphatic heterocycles. The molecule has 2 heterocycles. The minimum absolute atomic E-state index is 0.473. The first-order valence-electron chi connectivity index (χ1n) is 8.57. The van der Waals surface area contributed by atoms with Crippen LogP contribution >= 0.6 is 11.3 Å². The van der Waals surface area contributed by atoms with Gasteiger partial charge in [-0.15, -0.1) is 11.3 Å². The molecule has 0 fully saturated rings. The molecule has 122 valence electrons. The summed E-state index contributed by atoms with van der Waals surface area (Å²) in [6, 6.07) is 8.91. The zero-order chi connectivity index (χ0) is 16.3. The summed E-state index contributed by atoms with van der Waals surface area (Å²) in [6.07, 6.45) is 2.40. The maximum absolute atomic E-state index is 5.98. The van der Waals surface area contributed by atoms with Crippen molar-refractivity contribution in [2.45, 2.75) is 78.1 Å². The topological polar surface area (TPSA) is 13.1 Å². The van der Waals surface area contributed by atoms with Gasteiger partial charge < -0.3 is 4.42 Å². The van der Waals surface area contributed by atoms with Crippen molar-refractivity contribution in [3.05, 3.63) is 45.5 Å². The minimum Gasteiger partial charge on any atom is -0.466 e. The second-order valence-electron chi connectivity index (χ2n) is 7.17. The Morgan fingerprint density at radius 1 is 0.727 bits per heavy atom. The van der Waals surface area contributed by atoms with Gasteiger partial charge in [-0.05, 0) is 48.9 Å². The Morgan fingerprint density at radius 3 is 1.86 bits per heavy atom. The molecule has 2 unspecified atom stereocenters. The zero-order valence-electron chi connectivity index (χ0n) is 14.8. The van der Waals surface area contributed by atoms with Crippen molar-refractivity contribution in [1.82, 2.24) is 0 Å². The summed E-state index contributed by atoms with van der Waals surface area (Å²) < 4.78 is 5.98. The minimum atomic E-state index is 0.473. The van der Waals surface area contributed by atoms with Crippen LogP contribution in [0.25, 0.3) is 0 Å². The summed E-state index contributed by atoms with van der Waals surface area (Å²) in [5, 5.41) is 0. The molecule has 22 heavy (non-hydrogen) atoms. The molecule has 0 amide bonds. The van der Waals surface area contributed by atoms with Gasteiger partial charge in [-0.25, -0.2) is 0 Å². The van der Waals surface area contributed by atoms with E-state index in [-0.39, 0.29) is 0 Å². The van der Waals surface area contributed by atoms with Crippen molar-refractivity contribution in [1.29, 1.82) is 0 Å². The molecule has 2 aromatic heterocycles. The highest BCUT2D eigenvalue weighted by atomic mass is 32.1. The summed E-state index contributed by atoms with van der Waals surface area (Å²) in [4.78, 5) is 3.03. The van der Waals surface area contributed by atoms with Crippen LogP contribution in [-0.2, 0) is 0 Å². The fourth-order valence-electron chi connectivity index (χ4n) is 2.67. The Morgan fingerprint density at radius 2 is 1.32 bits per heavy atom. The molecular weight excluding hydrogens is 288 g/mol. The lowest BCUT2D eigenvalue weighted by Crippen LogP contribution is -1.97. The average molecular weight is 319 g/mol. The van der Waals surface area contributed by atoms with E-state index in [9.17, 15) is 0 Å². The van der Waals surface area contributed by atoms with Gasteiger partial charge in [0.05, 0.1) is 0 Å². The summed E-state index contributed by atoms with van der Waals surface area (Å²) in [5.41, 5.74) is 0. The zero-order valence-corrected chi connectivity index (χ0v) is 15.7. The first kappa shape index (κ1) is 17.3. The molecule has 0 spiro atoms. The van der Waals surface area contributed by atoms with E-state index in [2.05, 4.69) is 65.8 Å². The van der Waals surface area contributed by atoms with Crippen LogP contribution in [0.15, 0.2) is 28.7 Å². The van der Waals surface area contributed by atoms with E-state index in [4.69, 9.17) is 4.42 Å². The van der Waals surface area contributed by atoms with Crippen LogP contribution in [-0.4, -0.2) is 0 Å². The third-order valence-corrected chi connectivity index (χ3v) is 6.05. The Hall–Kier alpha value is -1.02. The highest BCUT2D eigenvalue weighted by Gasteiger charge is 2.16. The maximum Gasteiger partial charge on any atom is 0.106 e. The number of furan rings is 1. The second-order valence-corrected chi connectivity index (χ2v) is 8.32. The summed E-state index contributed by atoms with van der Waals surface area (Å²) in [7, 11) is 0. The van der Waals surface area contributed by atoms with E-state index >= 15 is 0 Å². The van der Waals surface area contributed by atoms with Gasteiger partial charge in [-0.3, -0.25) is 0 Å². The molecule has 0 aliphatic rings. The first-order valence-corrected chi connectivity index (χ1v) is 9.39. The van der Waals surface area contributed by atoms with Crippen molar-refractivity contribution >= 4 is 11.3 Å². The highest BCUT2D eigenvalue weighted by Crippen LogP contribution is 2.34. The van der Waals surface area contributed by atoms with Gasteiger partial charge in [0, 0.05) is 21.6 Å². The van der Waals surface area contributed by atoms with Crippen molar-refractivity contribution in [2.75, 3.05) is 0 Å². The van der Waals surface area contributed by atoms with E-state index in [1.165, 1.54) is 22.6 Å². The Labute approximate surface area is 139 Å². The lowest BCUT2D eigenvalue weighted by molar-refractivity contribution is 0.409. The van der Waals surface area contributed by atoms with Crippen LogP contribution in [0.1, 0.15) is 99.3 Å². The maximum atomic E-state index is 5.98. The van der Waals surface area contributed by atoms with Gasteiger partial charge in [0.2, 0.25) is 0 Å². The van der Waals surface area contributed by atoms with Crippen molar-refractivity contribution < 1.29 is 4.42 Å². The molecule has 0 N–H and O–H groups in total. The first-order chi connectivity index (χ1) is 10.4. The van der Waals surface area contributed by atoms with Crippen LogP contribution in [0.2, 0.25) is 0 Å². The Bertz CT molecular complexity index is 524. The molecule has 0 bridgehead atoms. The lowest BCUT2D eigenvalue weighted by atomic mass is 9.95. The highest BCUT2D eigenvalue weighted by molar-refractivity contribution is 7.12. The average Bonchev–Trinajstić information content (AvgIpc) is 3.12. The van der Waals surface area contributed by atoms with Crippen molar-refractivity contribution in [3.8, 4) is 0 Å². The van der Waals surface area contributed by atoms with E-state index in [0.29, 0.717) is 23.7 Å². The van der Waals surface area contributed by atoms with E-state index in [1.54, 1.807) is 0 Å². The third kappa shape index (κ3) is 4.25. The SMILES string of the molecule is CC(C)c1ccc(C(C)CCC(C)c2ccc(C(C)C)s2)o1. The molecular formula is C20H30OS. The van der Waals surface area contributed by atoms with Gasteiger partial charge >= 0.3 is 0 Å². The predicted octanol–water partition coefficient (Wildman–Crippen LogP) is 7.28. The standard InChI is InChI=1S/C20H30OS/c1-13(2)17-9-10-18(21-17)15(5)7-8-16(6)20-12-11-19(22-20)14(3)4/h9-16H,7-8H2,1-6H3. The van der Waals surface area contributed by atoms with Crippen LogP contribution in [0.4, 0.5) is 0 Å². The van der Waals surface area contributed by atoms with Crippen molar-refractivity contribution in [2.24, 2.45) is 0 Å². The van der Waals surface area contributed by atoms with Crippen LogP contribution in [0.3, 0.4) is 0 Å². The van der Waals surface area contributed by atoms with Gasteiger partial charge in [0.15, 0.2) is 0 Å². The third-order valence-electron chi connectivity index (χ3n) is 4.44. The molecule has 1 nitrogen and oxygen atoms in total. The molecule has 2 aromatic rings. The molecule has 0 saturated heterocycles. The smallest absolute Gasteiger partial charge is 0.106 e. The van der Waals surface area contributed by atoms with E-state index in [1.807, 2.05) is 11.3 Å². The number of hydrogen-bond donors (Lipinski definition) is 0. The summed E-state index contributed by atoms with van der Waals surface area (Å²) >= 11 is 1.98. The number of hydrogen-bond acceptors (Lipinski definition) is 2. The lowest BCUT2D eigenvalue weighted by Gasteiger charge is -2.13. The van der Waals surface area contributed by atoms with E-state index in [0.717, 1.165) is 11.5 Å². The van der Waals surface area contributed by atoms with Crippen LogP contribution < -0.4 is 0 Å². The Balaban J connectivity index is 1.90.